The monoisotopic (exact) mass is 306 g/mol. The van der Waals surface area contributed by atoms with Crippen molar-refractivity contribution in [3.8, 4) is 0 Å². The molecule has 0 aromatic carbocycles. The molecule has 2 N–H and O–H groups in total. The third-order valence-electron chi connectivity index (χ3n) is 7.18. The number of rotatable bonds is 2. The fourth-order valence-electron chi connectivity index (χ4n) is 7.06. The Bertz CT molecular complexity index is 511. The number of aliphatic hydroxyl groups is 2. The zero-order chi connectivity index (χ0) is 13.6. The Kier molecular flexibility index (Phi) is 1.71. The molecule has 0 aromatic heterocycles. The van der Waals surface area contributed by atoms with Gasteiger partial charge in [-0.05, 0) is 24.2 Å². The van der Waals surface area contributed by atoms with Gasteiger partial charge in [0, 0.05) is 26.1 Å². The van der Waals surface area contributed by atoms with Crippen LogP contribution in [0.5, 0.6) is 0 Å². The molecule has 0 amide bonds. The maximum Gasteiger partial charge on any atom is 0.210 e. The van der Waals surface area contributed by atoms with Crippen molar-refractivity contribution in [2.75, 3.05) is 14.2 Å². The molecular formula is C13H16Cl2O4. The molecule has 0 aliphatic heterocycles. The summed E-state index contributed by atoms with van der Waals surface area (Å²) in [5.41, 5.74) is -1.06. The second kappa shape index (κ2) is 2.71. The molecule has 6 heteroatoms. The van der Waals surface area contributed by atoms with Crippen LogP contribution in [0.1, 0.15) is 6.42 Å². The van der Waals surface area contributed by atoms with Gasteiger partial charge in [0.2, 0.25) is 5.79 Å². The molecule has 5 saturated carbocycles. The summed E-state index contributed by atoms with van der Waals surface area (Å²) in [4.78, 5) is -1.96. The lowest BCUT2D eigenvalue weighted by molar-refractivity contribution is -0.238. The summed E-state index contributed by atoms with van der Waals surface area (Å²) in [6.07, 6.45) is 0.311. The first-order valence-electron chi connectivity index (χ1n) is 6.76. The SMILES string of the molecule is COC1(OC)[C@@]2(Cl)[C@H]3[C@H](O)C4C5C[C@@H]3[C@]1(Cl)[C@@]5(O)[C@@H]42. The van der Waals surface area contributed by atoms with E-state index in [9.17, 15) is 10.2 Å². The highest BCUT2D eigenvalue weighted by atomic mass is 35.5. The smallest absolute Gasteiger partial charge is 0.210 e. The largest absolute Gasteiger partial charge is 0.392 e. The molecule has 9 atom stereocenters. The van der Waals surface area contributed by atoms with Gasteiger partial charge in [-0.2, -0.15) is 0 Å². The third kappa shape index (κ3) is 0.650. The fraction of sp³-hybridized carbons (Fsp3) is 1.00. The molecule has 106 valence electrons. The minimum atomic E-state index is -1.22. The molecule has 0 radical (unpaired) electrons. The second-order valence-electron chi connectivity index (χ2n) is 6.85. The maximum atomic E-state index is 11.2. The van der Waals surface area contributed by atoms with Crippen LogP contribution in [-0.4, -0.2) is 51.7 Å². The minimum absolute atomic E-state index is 0.0269. The molecule has 2 bridgehead atoms. The van der Waals surface area contributed by atoms with Gasteiger partial charge in [-0.1, -0.05) is 0 Å². The predicted molar refractivity (Wildman–Crippen MR) is 66.9 cm³/mol. The van der Waals surface area contributed by atoms with Crippen molar-refractivity contribution in [1.82, 2.24) is 0 Å². The summed E-state index contributed by atoms with van der Waals surface area (Å²) in [7, 11) is 3.05. The standard InChI is InChI=1S/C13H16Cl2O4/c1-18-13(19-2)10(14)7-5-3-4-6(8(7)16)9(10)11(4,17)12(5,13)15/h4-9,16-17H,3H2,1-2H3/t4?,5-,6?,7+,8+,9-,10+,11-,12-/m0/s1. The van der Waals surface area contributed by atoms with Crippen LogP contribution in [0, 0.1) is 29.6 Å². The van der Waals surface area contributed by atoms with Crippen molar-refractivity contribution in [2.24, 2.45) is 29.6 Å². The molecule has 5 fully saturated rings. The van der Waals surface area contributed by atoms with Crippen LogP contribution >= 0.6 is 23.2 Å². The van der Waals surface area contributed by atoms with E-state index in [0.29, 0.717) is 0 Å². The summed E-state index contributed by atoms with van der Waals surface area (Å²) >= 11 is 13.9. The van der Waals surface area contributed by atoms with Crippen LogP contribution < -0.4 is 0 Å². The average molecular weight is 307 g/mol. The third-order valence-corrected chi connectivity index (χ3v) is 8.75. The number of fused-ring (bicyclic) bond motifs is 2. The Hall–Kier alpha value is 0.420. The molecule has 4 nitrogen and oxygen atoms in total. The first kappa shape index (κ1) is 12.0. The molecule has 0 heterocycles. The van der Waals surface area contributed by atoms with Crippen LogP contribution in [-0.2, 0) is 9.47 Å². The highest BCUT2D eigenvalue weighted by Crippen LogP contribution is 2.92. The summed E-state index contributed by atoms with van der Waals surface area (Å²) in [5, 5.41) is 21.8. The maximum absolute atomic E-state index is 11.2. The molecular weight excluding hydrogens is 291 g/mol. The van der Waals surface area contributed by atoms with Gasteiger partial charge in [0.1, 0.15) is 9.75 Å². The van der Waals surface area contributed by atoms with Crippen LogP contribution in [0.15, 0.2) is 0 Å². The van der Waals surface area contributed by atoms with E-state index >= 15 is 0 Å². The van der Waals surface area contributed by atoms with E-state index in [0.717, 1.165) is 6.42 Å². The summed E-state index contributed by atoms with van der Waals surface area (Å²) in [6, 6.07) is 0. The lowest BCUT2D eigenvalue weighted by Crippen LogP contribution is -2.67. The molecule has 5 aliphatic carbocycles. The number of aliphatic hydroxyl groups excluding tert-OH is 1. The molecule has 2 unspecified atom stereocenters. The number of halogens is 2. The lowest BCUT2D eigenvalue weighted by Gasteiger charge is -2.54. The Morgan fingerprint density at radius 1 is 1.16 bits per heavy atom. The summed E-state index contributed by atoms with van der Waals surface area (Å²) in [6.45, 7) is 0. The van der Waals surface area contributed by atoms with Crippen molar-refractivity contribution in [1.29, 1.82) is 0 Å². The van der Waals surface area contributed by atoms with Gasteiger partial charge < -0.3 is 19.7 Å². The van der Waals surface area contributed by atoms with Gasteiger partial charge >= 0.3 is 0 Å². The van der Waals surface area contributed by atoms with E-state index in [1.54, 1.807) is 0 Å². The zero-order valence-corrected chi connectivity index (χ0v) is 12.1. The predicted octanol–water partition coefficient (Wildman–Crippen LogP) is 0.562. The Labute approximate surface area is 121 Å². The van der Waals surface area contributed by atoms with Gasteiger partial charge in [0.15, 0.2) is 0 Å². The quantitative estimate of drug-likeness (QED) is 0.578. The van der Waals surface area contributed by atoms with Gasteiger partial charge in [-0.3, -0.25) is 0 Å². The number of ether oxygens (including phenoxy) is 2. The molecule has 5 aliphatic rings. The van der Waals surface area contributed by atoms with Crippen molar-refractivity contribution < 1.29 is 19.7 Å². The van der Waals surface area contributed by atoms with Gasteiger partial charge in [-0.15, -0.1) is 23.2 Å². The number of methoxy groups -OCH3 is 2. The number of hydrogen-bond acceptors (Lipinski definition) is 4. The minimum Gasteiger partial charge on any atom is -0.392 e. The molecule has 19 heavy (non-hydrogen) atoms. The number of hydrogen-bond donors (Lipinski definition) is 2. The van der Waals surface area contributed by atoms with Crippen molar-refractivity contribution in [3.05, 3.63) is 0 Å². The fourth-order valence-corrected chi connectivity index (χ4v) is 8.79. The zero-order valence-electron chi connectivity index (χ0n) is 10.6. The van der Waals surface area contributed by atoms with E-state index in [-0.39, 0.29) is 29.6 Å². The van der Waals surface area contributed by atoms with Crippen LogP contribution in [0.25, 0.3) is 0 Å². The Morgan fingerprint density at radius 2 is 1.79 bits per heavy atom. The van der Waals surface area contributed by atoms with Crippen LogP contribution in [0.3, 0.4) is 0 Å². The van der Waals surface area contributed by atoms with Crippen LogP contribution in [0.4, 0.5) is 0 Å². The van der Waals surface area contributed by atoms with E-state index in [1.165, 1.54) is 14.2 Å². The summed E-state index contributed by atoms with van der Waals surface area (Å²) < 4.78 is 11.3. The normalized spacial score (nSPS) is 72.9. The first-order valence-corrected chi connectivity index (χ1v) is 7.52. The molecule has 0 spiro atoms. The Morgan fingerprint density at radius 3 is 2.37 bits per heavy atom. The van der Waals surface area contributed by atoms with E-state index in [4.69, 9.17) is 32.7 Å². The number of alkyl halides is 2. The van der Waals surface area contributed by atoms with Crippen molar-refractivity contribution in [3.63, 3.8) is 0 Å². The Balaban J connectivity index is 1.89. The van der Waals surface area contributed by atoms with Gasteiger partial charge in [0.05, 0.1) is 11.7 Å². The lowest BCUT2D eigenvalue weighted by atomic mass is 9.55. The highest BCUT2D eigenvalue weighted by Gasteiger charge is 3.05. The topological polar surface area (TPSA) is 58.9 Å². The van der Waals surface area contributed by atoms with E-state index < -0.39 is 27.2 Å². The molecule has 0 saturated heterocycles. The van der Waals surface area contributed by atoms with Gasteiger partial charge in [0.25, 0.3) is 0 Å². The second-order valence-corrected chi connectivity index (χ2v) is 8.07. The first-order chi connectivity index (χ1) is 8.88. The van der Waals surface area contributed by atoms with E-state index in [2.05, 4.69) is 0 Å². The van der Waals surface area contributed by atoms with E-state index in [1.807, 2.05) is 0 Å². The highest BCUT2D eigenvalue weighted by molar-refractivity contribution is 6.33. The van der Waals surface area contributed by atoms with Crippen molar-refractivity contribution in [2.45, 2.75) is 33.7 Å². The molecule has 0 aromatic rings. The summed E-state index contributed by atoms with van der Waals surface area (Å²) in [5.74, 6) is -1.59. The van der Waals surface area contributed by atoms with Gasteiger partial charge in [-0.25, -0.2) is 0 Å². The van der Waals surface area contributed by atoms with Crippen LogP contribution in [0.2, 0.25) is 0 Å². The average Bonchev–Trinajstić information content (AvgIpc) is 2.67. The molecule has 5 rings (SSSR count). The van der Waals surface area contributed by atoms with Crippen molar-refractivity contribution >= 4 is 23.2 Å².